The van der Waals surface area contributed by atoms with Crippen LogP contribution < -0.4 is 0 Å². The fourth-order valence-electron chi connectivity index (χ4n) is 4.76. The molecule has 0 N–H and O–H groups in total. The Bertz CT molecular complexity index is 874. The van der Waals surface area contributed by atoms with E-state index in [0.717, 1.165) is 30.8 Å². The van der Waals surface area contributed by atoms with Gasteiger partial charge in [-0.2, -0.15) is 0 Å². The van der Waals surface area contributed by atoms with Gasteiger partial charge in [0, 0.05) is 14.7 Å². The second kappa shape index (κ2) is 7.10. The molecule has 2 nitrogen and oxygen atoms in total. The molecule has 1 heterocycles. The zero-order chi connectivity index (χ0) is 20.2. The molecule has 2 aromatic carbocycles. The third-order valence-electron chi connectivity index (χ3n) is 6.68. The van der Waals surface area contributed by atoms with Gasteiger partial charge in [0.2, 0.25) is 5.79 Å². The topological polar surface area (TPSA) is 18.5 Å². The summed E-state index contributed by atoms with van der Waals surface area (Å²) in [6.45, 7) is 13.2. The number of benzene rings is 2. The van der Waals surface area contributed by atoms with Crippen LogP contribution >= 0.6 is 22.6 Å². The van der Waals surface area contributed by atoms with E-state index in [2.05, 4.69) is 93.6 Å². The molecule has 150 valence electrons. The van der Waals surface area contributed by atoms with Crippen molar-refractivity contribution in [2.75, 3.05) is 13.2 Å². The second-order valence-electron chi connectivity index (χ2n) is 9.65. The zero-order valence-corrected chi connectivity index (χ0v) is 19.9. The van der Waals surface area contributed by atoms with Gasteiger partial charge in [0.05, 0.1) is 13.2 Å². The summed E-state index contributed by atoms with van der Waals surface area (Å²) >= 11 is 2.35. The number of fused-ring (bicyclic) bond motifs is 1. The molecule has 0 radical (unpaired) electrons. The van der Waals surface area contributed by atoms with Crippen LogP contribution in [-0.4, -0.2) is 13.2 Å². The van der Waals surface area contributed by atoms with Crippen molar-refractivity contribution in [2.24, 2.45) is 0 Å². The minimum atomic E-state index is -0.806. The maximum Gasteiger partial charge on any atom is 0.222 e. The van der Waals surface area contributed by atoms with Crippen molar-refractivity contribution in [3.8, 4) is 0 Å². The molecule has 1 fully saturated rings. The first-order chi connectivity index (χ1) is 13.2. The Morgan fingerprint density at radius 2 is 1.32 bits per heavy atom. The number of ether oxygens (including phenoxy) is 2. The van der Waals surface area contributed by atoms with Gasteiger partial charge in [-0.1, -0.05) is 45.9 Å². The highest BCUT2D eigenvalue weighted by molar-refractivity contribution is 14.1. The van der Waals surface area contributed by atoms with Gasteiger partial charge < -0.3 is 9.47 Å². The predicted molar refractivity (Wildman–Crippen MR) is 123 cm³/mol. The average molecular weight is 490 g/mol. The fraction of sp³-hybridized carbons (Fsp3) is 0.520. The molecule has 28 heavy (non-hydrogen) atoms. The van der Waals surface area contributed by atoms with E-state index in [9.17, 15) is 0 Å². The molecule has 0 amide bonds. The summed E-state index contributed by atoms with van der Waals surface area (Å²) in [5.74, 6) is -0.806. The van der Waals surface area contributed by atoms with Crippen molar-refractivity contribution in [3.05, 3.63) is 67.8 Å². The van der Waals surface area contributed by atoms with E-state index < -0.39 is 5.79 Å². The Hall–Kier alpha value is -0.910. The number of hydrogen-bond acceptors (Lipinski definition) is 2. The third kappa shape index (κ3) is 3.33. The van der Waals surface area contributed by atoms with Gasteiger partial charge in [0.25, 0.3) is 0 Å². The van der Waals surface area contributed by atoms with Gasteiger partial charge in [-0.15, -0.1) is 0 Å². The average Bonchev–Trinajstić information content (AvgIpc) is 2.66. The molecular weight excluding hydrogens is 459 g/mol. The van der Waals surface area contributed by atoms with Crippen LogP contribution in [0.1, 0.15) is 74.8 Å². The van der Waals surface area contributed by atoms with Crippen LogP contribution in [0.5, 0.6) is 0 Å². The lowest BCUT2D eigenvalue weighted by Crippen LogP contribution is -2.41. The summed E-state index contributed by atoms with van der Waals surface area (Å²) in [4.78, 5) is 0. The maximum atomic E-state index is 6.44. The molecular formula is C25H31IO2. The van der Waals surface area contributed by atoms with Crippen LogP contribution in [0.4, 0.5) is 0 Å². The highest BCUT2D eigenvalue weighted by Gasteiger charge is 2.43. The minimum absolute atomic E-state index is 0.162. The summed E-state index contributed by atoms with van der Waals surface area (Å²) < 4.78 is 14.1. The van der Waals surface area contributed by atoms with E-state index in [1.54, 1.807) is 0 Å². The summed E-state index contributed by atoms with van der Waals surface area (Å²) in [6, 6.07) is 13.4. The van der Waals surface area contributed by atoms with Crippen LogP contribution in [0, 0.1) is 10.5 Å². The Balaban J connectivity index is 1.94. The maximum absolute atomic E-state index is 6.44. The van der Waals surface area contributed by atoms with Gasteiger partial charge in [0.1, 0.15) is 0 Å². The van der Waals surface area contributed by atoms with Crippen molar-refractivity contribution in [2.45, 2.75) is 70.5 Å². The molecule has 2 aliphatic rings. The largest absolute Gasteiger partial charge is 0.342 e. The van der Waals surface area contributed by atoms with Crippen LogP contribution in [0.2, 0.25) is 0 Å². The monoisotopic (exact) mass is 490 g/mol. The quantitative estimate of drug-likeness (QED) is 0.443. The molecule has 0 aromatic heterocycles. The standard InChI is InChI=1S/C25H31IO2/c1-17-15-21-22(24(4,5)12-11-23(21,2)3)16-20(17)25(27-13-6-14-28-25)18-7-9-19(26)10-8-18/h7-10,15-16H,6,11-14H2,1-5H3. The predicted octanol–water partition coefficient (Wildman–Crippen LogP) is 6.59. The van der Waals surface area contributed by atoms with Gasteiger partial charge in [-0.05, 0) is 94.5 Å². The highest BCUT2D eigenvalue weighted by atomic mass is 127. The Labute approximate surface area is 183 Å². The second-order valence-corrected chi connectivity index (χ2v) is 10.9. The van der Waals surface area contributed by atoms with Crippen molar-refractivity contribution in [3.63, 3.8) is 0 Å². The lowest BCUT2D eigenvalue weighted by Gasteiger charge is -2.44. The van der Waals surface area contributed by atoms with Gasteiger partial charge >= 0.3 is 0 Å². The lowest BCUT2D eigenvalue weighted by molar-refractivity contribution is -0.249. The summed E-state index contributed by atoms with van der Waals surface area (Å²) in [5, 5.41) is 0. The van der Waals surface area contributed by atoms with Gasteiger partial charge in [-0.3, -0.25) is 0 Å². The Morgan fingerprint density at radius 3 is 1.89 bits per heavy atom. The Kier molecular flexibility index (Phi) is 5.17. The minimum Gasteiger partial charge on any atom is -0.342 e. The lowest BCUT2D eigenvalue weighted by atomic mass is 9.62. The van der Waals surface area contributed by atoms with Crippen molar-refractivity contribution in [1.29, 1.82) is 0 Å². The van der Waals surface area contributed by atoms with Crippen LogP contribution in [0.25, 0.3) is 0 Å². The van der Waals surface area contributed by atoms with Crippen molar-refractivity contribution >= 4 is 22.6 Å². The SMILES string of the molecule is Cc1cc2c(cc1C1(c3ccc(I)cc3)OCCCO1)C(C)(C)CCC2(C)C. The number of halogens is 1. The summed E-state index contributed by atoms with van der Waals surface area (Å²) in [5.41, 5.74) is 6.81. The van der Waals surface area contributed by atoms with E-state index in [4.69, 9.17) is 9.47 Å². The molecule has 0 atom stereocenters. The van der Waals surface area contributed by atoms with E-state index in [0.29, 0.717) is 0 Å². The first-order valence-corrected chi connectivity index (χ1v) is 11.4. The molecule has 4 rings (SSSR count). The number of rotatable bonds is 2. The molecule has 3 heteroatoms. The molecule has 1 aliphatic heterocycles. The third-order valence-corrected chi connectivity index (χ3v) is 7.40. The van der Waals surface area contributed by atoms with E-state index in [1.165, 1.54) is 33.1 Å². The first kappa shape index (κ1) is 20.4. The number of hydrogen-bond donors (Lipinski definition) is 0. The van der Waals surface area contributed by atoms with Crippen LogP contribution in [-0.2, 0) is 26.1 Å². The van der Waals surface area contributed by atoms with Crippen molar-refractivity contribution in [1.82, 2.24) is 0 Å². The summed E-state index contributed by atoms with van der Waals surface area (Å²) in [7, 11) is 0. The van der Waals surface area contributed by atoms with Crippen LogP contribution in [0.3, 0.4) is 0 Å². The molecule has 0 spiro atoms. The van der Waals surface area contributed by atoms with Crippen LogP contribution in [0.15, 0.2) is 36.4 Å². The smallest absolute Gasteiger partial charge is 0.222 e. The van der Waals surface area contributed by atoms with Crippen molar-refractivity contribution < 1.29 is 9.47 Å². The highest BCUT2D eigenvalue weighted by Crippen LogP contribution is 2.49. The van der Waals surface area contributed by atoms with E-state index in [1.807, 2.05) is 0 Å². The molecule has 0 saturated carbocycles. The zero-order valence-electron chi connectivity index (χ0n) is 17.7. The molecule has 2 aromatic rings. The molecule has 0 unspecified atom stereocenters. The molecule has 1 saturated heterocycles. The van der Waals surface area contributed by atoms with E-state index in [-0.39, 0.29) is 10.8 Å². The fourth-order valence-corrected chi connectivity index (χ4v) is 5.12. The summed E-state index contributed by atoms with van der Waals surface area (Å²) in [6.07, 6.45) is 3.36. The normalized spacial score (nSPS) is 22.5. The van der Waals surface area contributed by atoms with Gasteiger partial charge in [0.15, 0.2) is 0 Å². The molecule has 1 aliphatic carbocycles. The van der Waals surface area contributed by atoms with E-state index >= 15 is 0 Å². The Morgan fingerprint density at radius 1 is 0.786 bits per heavy atom. The molecule has 0 bridgehead atoms. The number of aryl methyl sites for hydroxylation is 1. The van der Waals surface area contributed by atoms with Gasteiger partial charge in [-0.25, -0.2) is 0 Å². The first-order valence-electron chi connectivity index (χ1n) is 10.4.